The third kappa shape index (κ3) is 8.12. The second-order valence-corrected chi connectivity index (χ2v) is 6.06. The summed E-state index contributed by atoms with van der Waals surface area (Å²) in [4.78, 5) is 0. The Balaban J connectivity index is 3.69. The van der Waals surface area contributed by atoms with Crippen LogP contribution in [0.1, 0.15) is 54.4 Å². The zero-order valence-electron chi connectivity index (χ0n) is 12.1. The number of hydrogen-bond acceptors (Lipinski definition) is 2. The maximum Gasteiger partial charge on any atom is 0.0481 e. The minimum atomic E-state index is 0.317. The predicted molar refractivity (Wildman–Crippen MR) is 71.8 cm³/mol. The molecule has 1 N–H and O–H groups in total. The van der Waals surface area contributed by atoms with Crippen LogP contribution in [0.4, 0.5) is 0 Å². The fourth-order valence-corrected chi connectivity index (χ4v) is 1.71. The maximum absolute atomic E-state index is 5.68. The molecule has 0 aromatic rings. The van der Waals surface area contributed by atoms with Crippen LogP contribution in [0, 0.1) is 11.3 Å². The van der Waals surface area contributed by atoms with E-state index in [2.05, 4.69) is 46.9 Å². The number of ether oxygens (including phenoxy) is 1. The lowest BCUT2D eigenvalue weighted by Crippen LogP contribution is -2.41. The Morgan fingerprint density at radius 2 is 1.62 bits per heavy atom. The van der Waals surface area contributed by atoms with E-state index < -0.39 is 0 Å². The van der Waals surface area contributed by atoms with E-state index >= 15 is 0 Å². The molecule has 2 heteroatoms. The van der Waals surface area contributed by atoms with Crippen LogP contribution < -0.4 is 5.32 Å². The molecule has 0 rings (SSSR count). The minimum Gasteiger partial charge on any atom is -0.381 e. The van der Waals surface area contributed by atoms with E-state index in [-0.39, 0.29) is 0 Å². The van der Waals surface area contributed by atoms with Crippen molar-refractivity contribution in [1.82, 2.24) is 5.32 Å². The predicted octanol–water partition coefficient (Wildman–Crippen LogP) is 3.46. The van der Waals surface area contributed by atoms with E-state index in [1.54, 1.807) is 0 Å². The molecule has 0 saturated carbocycles. The highest BCUT2D eigenvalue weighted by molar-refractivity contribution is 4.79. The molecule has 0 radical (unpaired) electrons. The Hall–Kier alpha value is -0.0800. The van der Waals surface area contributed by atoms with Crippen molar-refractivity contribution in [3.63, 3.8) is 0 Å². The van der Waals surface area contributed by atoms with Crippen molar-refractivity contribution in [3.05, 3.63) is 0 Å². The van der Waals surface area contributed by atoms with Crippen molar-refractivity contribution in [2.24, 2.45) is 11.3 Å². The van der Waals surface area contributed by atoms with E-state index in [1.807, 2.05) is 0 Å². The van der Waals surface area contributed by atoms with Gasteiger partial charge in [0.1, 0.15) is 0 Å². The highest BCUT2D eigenvalue weighted by Gasteiger charge is 2.22. The van der Waals surface area contributed by atoms with Crippen LogP contribution in [-0.4, -0.2) is 25.8 Å². The fourth-order valence-electron chi connectivity index (χ4n) is 1.71. The molecule has 98 valence electrons. The van der Waals surface area contributed by atoms with Gasteiger partial charge in [0, 0.05) is 19.3 Å². The van der Waals surface area contributed by atoms with E-state index in [0.29, 0.717) is 11.5 Å². The summed E-state index contributed by atoms with van der Waals surface area (Å²) in [6, 6.07) is 0.552. The van der Waals surface area contributed by atoms with E-state index in [1.165, 1.54) is 6.42 Å². The smallest absolute Gasteiger partial charge is 0.0481 e. The Morgan fingerprint density at radius 1 is 1.06 bits per heavy atom. The molecule has 2 nitrogen and oxygen atoms in total. The molecular weight excluding hydrogens is 198 g/mol. The van der Waals surface area contributed by atoms with Gasteiger partial charge in [-0.05, 0) is 30.7 Å². The van der Waals surface area contributed by atoms with Crippen LogP contribution in [0.25, 0.3) is 0 Å². The van der Waals surface area contributed by atoms with Crippen LogP contribution in [0.5, 0.6) is 0 Å². The van der Waals surface area contributed by atoms with Crippen molar-refractivity contribution >= 4 is 0 Å². The van der Waals surface area contributed by atoms with Crippen molar-refractivity contribution < 1.29 is 4.74 Å². The fraction of sp³-hybridized carbons (Fsp3) is 1.00. The Labute approximate surface area is 102 Å². The topological polar surface area (TPSA) is 21.3 Å². The van der Waals surface area contributed by atoms with Gasteiger partial charge >= 0.3 is 0 Å². The van der Waals surface area contributed by atoms with Gasteiger partial charge < -0.3 is 10.1 Å². The third-order valence-electron chi connectivity index (χ3n) is 2.89. The quantitative estimate of drug-likeness (QED) is 0.644. The molecule has 0 saturated heterocycles. The molecule has 0 aliphatic heterocycles. The highest BCUT2D eigenvalue weighted by Crippen LogP contribution is 2.21. The van der Waals surface area contributed by atoms with E-state index in [0.717, 1.165) is 32.1 Å². The lowest BCUT2D eigenvalue weighted by Gasteiger charge is -2.31. The summed E-state index contributed by atoms with van der Waals surface area (Å²) in [6.45, 7) is 16.3. The van der Waals surface area contributed by atoms with Crippen LogP contribution in [0.2, 0.25) is 0 Å². The standard InChI is InChI=1S/C14H31NO/c1-7-15-13(14(4,5)6)9-11-16-10-8-12(2)3/h12-13,15H,7-11H2,1-6H3. The number of nitrogens with one attached hydrogen (secondary N) is 1. The third-order valence-corrected chi connectivity index (χ3v) is 2.89. The molecule has 0 aromatic carbocycles. The SMILES string of the molecule is CCNC(CCOCCC(C)C)C(C)(C)C. The Bertz CT molecular complexity index is 161. The van der Waals surface area contributed by atoms with Gasteiger partial charge in [0.05, 0.1) is 0 Å². The number of rotatable bonds is 8. The summed E-state index contributed by atoms with van der Waals surface area (Å²) in [7, 11) is 0. The van der Waals surface area contributed by atoms with Gasteiger partial charge in [-0.15, -0.1) is 0 Å². The molecule has 0 bridgehead atoms. The van der Waals surface area contributed by atoms with Crippen LogP contribution >= 0.6 is 0 Å². The first-order chi connectivity index (χ1) is 7.38. The Kier molecular flexibility index (Phi) is 8.04. The highest BCUT2D eigenvalue weighted by atomic mass is 16.5. The molecule has 0 aliphatic carbocycles. The summed E-state index contributed by atoms with van der Waals surface area (Å²) in [5, 5.41) is 3.54. The summed E-state index contributed by atoms with van der Waals surface area (Å²) in [6.07, 6.45) is 2.27. The van der Waals surface area contributed by atoms with Crippen molar-refractivity contribution in [3.8, 4) is 0 Å². The van der Waals surface area contributed by atoms with Gasteiger partial charge in [-0.1, -0.05) is 41.5 Å². The molecule has 0 fully saturated rings. The van der Waals surface area contributed by atoms with Crippen LogP contribution in [0.3, 0.4) is 0 Å². The van der Waals surface area contributed by atoms with Gasteiger partial charge in [-0.2, -0.15) is 0 Å². The van der Waals surface area contributed by atoms with Crippen LogP contribution in [-0.2, 0) is 4.74 Å². The summed E-state index contributed by atoms with van der Waals surface area (Å²) >= 11 is 0. The van der Waals surface area contributed by atoms with Gasteiger partial charge in [-0.25, -0.2) is 0 Å². The summed E-state index contributed by atoms with van der Waals surface area (Å²) < 4.78 is 5.68. The zero-order chi connectivity index (χ0) is 12.6. The number of hydrogen-bond donors (Lipinski definition) is 1. The van der Waals surface area contributed by atoms with Gasteiger partial charge in [0.15, 0.2) is 0 Å². The average molecular weight is 229 g/mol. The minimum absolute atomic E-state index is 0.317. The zero-order valence-corrected chi connectivity index (χ0v) is 12.1. The molecular formula is C14H31NO. The molecule has 0 heterocycles. The summed E-state index contributed by atoms with van der Waals surface area (Å²) in [5.41, 5.74) is 0.317. The van der Waals surface area contributed by atoms with E-state index in [9.17, 15) is 0 Å². The molecule has 1 atom stereocenters. The van der Waals surface area contributed by atoms with Crippen molar-refractivity contribution in [2.45, 2.75) is 60.4 Å². The van der Waals surface area contributed by atoms with Gasteiger partial charge in [0.25, 0.3) is 0 Å². The van der Waals surface area contributed by atoms with Gasteiger partial charge in [-0.3, -0.25) is 0 Å². The lowest BCUT2D eigenvalue weighted by atomic mass is 9.85. The summed E-state index contributed by atoms with van der Waals surface area (Å²) in [5.74, 6) is 0.743. The maximum atomic E-state index is 5.68. The second kappa shape index (κ2) is 8.08. The lowest BCUT2D eigenvalue weighted by molar-refractivity contribution is 0.100. The van der Waals surface area contributed by atoms with Gasteiger partial charge in [0.2, 0.25) is 0 Å². The average Bonchev–Trinajstić information content (AvgIpc) is 2.13. The van der Waals surface area contributed by atoms with Crippen molar-refractivity contribution in [1.29, 1.82) is 0 Å². The molecule has 0 spiro atoms. The van der Waals surface area contributed by atoms with Crippen LogP contribution in [0.15, 0.2) is 0 Å². The molecule has 16 heavy (non-hydrogen) atoms. The monoisotopic (exact) mass is 229 g/mol. The normalized spacial score (nSPS) is 14.4. The van der Waals surface area contributed by atoms with Crippen molar-refractivity contribution in [2.75, 3.05) is 19.8 Å². The second-order valence-electron chi connectivity index (χ2n) is 6.06. The molecule has 0 amide bonds. The van der Waals surface area contributed by atoms with E-state index in [4.69, 9.17) is 4.74 Å². The Morgan fingerprint density at radius 3 is 2.06 bits per heavy atom. The first-order valence-corrected chi connectivity index (χ1v) is 6.69. The first kappa shape index (κ1) is 15.9. The molecule has 1 unspecified atom stereocenters. The first-order valence-electron chi connectivity index (χ1n) is 6.69. The molecule has 0 aromatic heterocycles. The molecule has 0 aliphatic rings. The largest absolute Gasteiger partial charge is 0.381 e.